The van der Waals surface area contributed by atoms with E-state index in [9.17, 15) is 22.8 Å². The summed E-state index contributed by atoms with van der Waals surface area (Å²) < 4.78 is 36.7. The lowest BCUT2D eigenvalue weighted by Gasteiger charge is -2.27. The van der Waals surface area contributed by atoms with E-state index in [-0.39, 0.29) is 31.0 Å². The van der Waals surface area contributed by atoms with Gasteiger partial charge in [-0.2, -0.15) is 0 Å². The molecule has 0 saturated heterocycles. The molecule has 0 atom stereocenters. The highest BCUT2D eigenvalue weighted by Crippen LogP contribution is 2.33. The maximum absolute atomic E-state index is 12.5. The highest BCUT2D eigenvalue weighted by atomic mass is 32.2. The van der Waals surface area contributed by atoms with Crippen LogP contribution in [0.1, 0.15) is 38.7 Å². The molecule has 0 aromatic heterocycles. The van der Waals surface area contributed by atoms with Crippen LogP contribution in [0.25, 0.3) is 0 Å². The van der Waals surface area contributed by atoms with Gasteiger partial charge in [0.1, 0.15) is 0 Å². The zero-order chi connectivity index (χ0) is 22.1. The summed E-state index contributed by atoms with van der Waals surface area (Å²) in [6, 6.07) is 5.97. The highest BCUT2D eigenvalue weighted by Gasteiger charge is 2.48. The Hall–Kier alpha value is -2.68. The summed E-state index contributed by atoms with van der Waals surface area (Å²) in [5.41, 5.74) is -0.896. The van der Waals surface area contributed by atoms with E-state index < -0.39 is 39.7 Å². The number of allylic oxidation sites excluding steroid dienone is 1. The first-order chi connectivity index (χ1) is 13.6. The minimum atomic E-state index is -4.07. The second-order valence-electron chi connectivity index (χ2n) is 6.36. The second-order valence-corrected chi connectivity index (χ2v) is 8.04. The van der Waals surface area contributed by atoms with E-state index in [1.54, 1.807) is 32.9 Å². The van der Waals surface area contributed by atoms with Gasteiger partial charge in [0.25, 0.3) is 10.0 Å². The summed E-state index contributed by atoms with van der Waals surface area (Å²) in [5.74, 6) is -2.53. The molecular formula is C20H27NO7S. The van der Waals surface area contributed by atoms with E-state index in [1.807, 2.05) is 4.72 Å². The summed E-state index contributed by atoms with van der Waals surface area (Å²) in [6.45, 7) is 8.59. The molecule has 0 spiro atoms. The summed E-state index contributed by atoms with van der Waals surface area (Å²) >= 11 is 0. The number of hydrogen-bond acceptors (Lipinski definition) is 7. The average Bonchev–Trinajstić information content (AvgIpc) is 2.65. The topological polar surface area (TPSA) is 116 Å². The van der Waals surface area contributed by atoms with Crippen LogP contribution in [0, 0.1) is 12.3 Å². The minimum absolute atomic E-state index is 0.0329. The number of esters is 2. The quantitative estimate of drug-likeness (QED) is 0.328. The van der Waals surface area contributed by atoms with Gasteiger partial charge >= 0.3 is 11.9 Å². The SMILES string of the molecule is C=CCC(CCC(=O)NS(=O)(=O)c1ccc(C)cc1)(C(=O)OCC)C(=O)OCC. The van der Waals surface area contributed by atoms with Crippen molar-refractivity contribution in [2.75, 3.05) is 13.2 Å². The number of carbonyl (C=O) groups excluding carboxylic acids is 3. The number of hydrogen-bond donors (Lipinski definition) is 1. The fraction of sp³-hybridized carbons (Fsp3) is 0.450. The summed E-state index contributed by atoms with van der Waals surface area (Å²) in [6.07, 6.45) is 0.556. The molecule has 1 aromatic carbocycles. The second kappa shape index (κ2) is 10.8. The molecule has 1 aromatic rings. The first-order valence-electron chi connectivity index (χ1n) is 9.20. The molecule has 0 unspecified atom stereocenters. The average molecular weight is 426 g/mol. The van der Waals surface area contributed by atoms with E-state index in [4.69, 9.17) is 9.47 Å². The molecule has 1 amide bonds. The molecule has 0 fully saturated rings. The van der Waals surface area contributed by atoms with Crippen LogP contribution in [0.2, 0.25) is 0 Å². The van der Waals surface area contributed by atoms with Gasteiger partial charge in [0, 0.05) is 6.42 Å². The number of rotatable bonds is 11. The first-order valence-corrected chi connectivity index (χ1v) is 10.7. The van der Waals surface area contributed by atoms with Crippen LogP contribution < -0.4 is 4.72 Å². The number of nitrogens with one attached hydrogen (secondary N) is 1. The lowest BCUT2D eigenvalue weighted by molar-refractivity contribution is -0.172. The number of carbonyl (C=O) groups is 3. The molecular weight excluding hydrogens is 398 g/mol. The standard InChI is InChI=1S/C20H27NO7S/c1-5-13-20(18(23)27-6-2,19(24)28-7-3)14-12-17(22)21-29(25,26)16-10-8-15(4)9-11-16/h5,8-11H,1,6-7,12-14H2,2-4H3,(H,21,22). The summed E-state index contributed by atoms with van der Waals surface area (Å²) in [5, 5.41) is 0. The fourth-order valence-corrected chi connectivity index (χ4v) is 3.66. The number of aryl methyl sites for hydroxylation is 1. The molecule has 160 valence electrons. The molecule has 0 aliphatic carbocycles. The molecule has 9 heteroatoms. The Morgan fingerprint density at radius 3 is 2.03 bits per heavy atom. The molecule has 29 heavy (non-hydrogen) atoms. The molecule has 0 saturated carbocycles. The van der Waals surface area contributed by atoms with E-state index in [0.717, 1.165) is 5.56 Å². The smallest absolute Gasteiger partial charge is 0.323 e. The maximum atomic E-state index is 12.5. The summed E-state index contributed by atoms with van der Waals surface area (Å²) in [7, 11) is -4.07. The van der Waals surface area contributed by atoms with Crippen molar-refractivity contribution in [1.82, 2.24) is 4.72 Å². The molecule has 0 aliphatic rings. The van der Waals surface area contributed by atoms with Gasteiger partial charge in [-0.3, -0.25) is 14.4 Å². The highest BCUT2D eigenvalue weighted by molar-refractivity contribution is 7.90. The minimum Gasteiger partial charge on any atom is -0.465 e. The first kappa shape index (κ1) is 24.4. The molecule has 0 bridgehead atoms. The van der Waals surface area contributed by atoms with E-state index >= 15 is 0 Å². The van der Waals surface area contributed by atoms with Gasteiger partial charge in [-0.15, -0.1) is 6.58 Å². The van der Waals surface area contributed by atoms with Crippen molar-refractivity contribution in [2.45, 2.75) is 44.9 Å². The van der Waals surface area contributed by atoms with E-state index in [2.05, 4.69) is 6.58 Å². The summed E-state index contributed by atoms with van der Waals surface area (Å²) in [4.78, 5) is 37.2. The van der Waals surface area contributed by atoms with Gasteiger partial charge in [0.2, 0.25) is 5.91 Å². The number of amides is 1. The largest absolute Gasteiger partial charge is 0.465 e. The predicted molar refractivity (Wildman–Crippen MR) is 106 cm³/mol. The van der Waals surface area contributed by atoms with Crippen LogP contribution in [0.3, 0.4) is 0 Å². The zero-order valence-electron chi connectivity index (χ0n) is 16.9. The van der Waals surface area contributed by atoms with Crippen molar-refractivity contribution in [1.29, 1.82) is 0 Å². The van der Waals surface area contributed by atoms with Gasteiger partial charge in [0.15, 0.2) is 5.41 Å². The van der Waals surface area contributed by atoms with Crippen LogP contribution in [0.15, 0.2) is 41.8 Å². The third kappa shape index (κ3) is 6.42. The van der Waals surface area contributed by atoms with E-state index in [0.29, 0.717) is 0 Å². The van der Waals surface area contributed by atoms with Crippen molar-refractivity contribution in [3.63, 3.8) is 0 Å². The van der Waals surface area contributed by atoms with Crippen molar-refractivity contribution in [2.24, 2.45) is 5.41 Å². The van der Waals surface area contributed by atoms with Crippen LogP contribution in [-0.2, 0) is 33.9 Å². The molecule has 1 N–H and O–H groups in total. The molecule has 0 aliphatic heterocycles. The van der Waals surface area contributed by atoms with Gasteiger partial charge in [0.05, 0.1) is 18.1 Å². The lowest BCUT2D eigenvalue weighted by Crippen LogP contribution is -2.43. The van der Waals surface area contributed by atoms with Gasteiger partial charge in [-0.25, -0.2) is 13.1 Å². The van der Waals surface area contributed by atoms with Crippen molar-refractivity contribution in [3.8, 4) is 0 Å². The Bertz CT molecular complexity index is 826. The van der Waals surface area contributed by atoms with Crippen LogP contribution in [0.5, 0.6) is 0 Å². The predicted octanol–water partition coefficient (Wildman–Crippen LogP) is 2.27. The van der Waals surface area contributed by atoms with Crippen LogP contribution in [0.4, 0.5) is 0 Å². The fourth-order valence-electron chi connectivity index (χ4n) is 2.65. The number of benzene rings is 1. The Morgan fingerprint density at radius 2 is 1.59 bits per heavy atom. The van der Waals surface area contributed by atoms with Gasteiger partial charge in [-0.05, 0) is 45.7 Å². The van der Waals surface area contributed by atoms with Crippen molar-refractivity contribution >= 4 is 27.9 Å². The molecule has 0 heterocycles. The Balaban J connectivity index is 3.00. The van der Waals surface area contributed by atoms with Crippen molar-refractivity contribution < 1.29 is 32.3 Å². The lowest BCUT2D eigenvalue weighted by atomic mass is 9.79. The molecule has 0 radical (unpaired) electrons. The Kier molecular flexibility index (Phi) is 9.03. The zero-order valence-corrected chi connectivity index (χ0v) is 17.7. The molecule has 8 nitrogen and oxygen atoms in total. The molecule has 1 rings (SSSR count). The van der Waals surface area contributed by atoms with Crippen LogP contribution >= 0.6 is 0 Å². The third-order valence-electron chi connectivity index (χ3n) is 4.18. The maximum Gasteiger partial charge on any atom is 0.323 e. The number of ether oxygens (including phenoxy) is 2. The van der Waals surface area contributed by atoms with Gasteiger partial charge in [-0.1, -0.05) is 23.8 Å². The normalized spacial score (nSPS) is 11.4. The Labute approximate surface area is 171 Å². The van der Waals surface area contributed by atoms with Gasteiger partial charge < -0.3 is 9.47 Å². The number of sulfonamides is 1. The van der Waals surface area contributed by atoms with E-state index in [1.165, 1.54) is 18.2 Å². The van der Waals surface area contributed by atoms with Crippen LogP contribution in [-0.4, -0.2) is 39.5 Å². The monoisotopic (exact) mass is 425 g/mol. The Morgan fingerprint density at radius 1 is 1.07 bits per heavy atom. The third-order valence-corrected chi connectivity index (χ3v) is 5.57. The van der Waals surface area contributed by atoms with Crippen molar-refractivity contribution in [3.05, 3.63) is 42.5 Å².